The lowest BCUT2D eigenvalue weighted by Crippen LogP contribution is -2.47. The van der Waals surface area contributed by atoms with Gasteiger partial charge in [-0.1, -0.05) is 30.3 Å². The molecule has 4 N–H and O–H groups in total. The van der Waals surface area contributed by atoms with E-state index in [1.807, 2.05) is 59.5 Å². The summed E-state index contributed by atoms with van der Waals surface area (Å²) in [6.07, 6.45) is 0. The van der Waals surface area contributed by atoms with Gasteiger partial charge in [-0.25, -0.2) is 4.98 Å². The van der Waals surface area contributed by atoms with Gasteiger partial charge in [-0.2, -0.15) is 4.98 Å². The Morgan fingerprint density at radius 1 is 0.861 bits per heavy atom. The van der Waals surface area contributed by atoms with Crippen LogP contribution in [0.1, 0.15) is 20.7 Å². The first-order valence-corrected chi connectivity index (χ1v) is 11.8. The molecule has 9 nitrogen and oxygen atoms in total. The zero-order valence-corrected chi connectivity index (χ0v) is 19.9. The van der Waals surface area contributed by atoms with Crippen molar-refractivity contribution in [2.75, 3.05) is 43.9 Å². The molecular formula is C27H27N7O2. The molecule has 0 atom stereocenters. The van der Waals surface area contributed by atoms with Crippen molar-refractivity contribution in [1.82, 2.24) is 19.8 Å². The van der Waals surface area contributed by atoms with Gasteiger partial charge < -0.3 is 26.2 Å². The minimum absolute atomic E-state index is 0.0107. The Kier molecular flexibility index (Phi) is 6.46. The van der Waals surface area contributed by atoms with E-state index in [2.05, 4.69) is 32.5 Å². The summed E-state index contributed by atoms with van der Waals surface area (Å²) in [4.78, 5) is 38.4. The van der Waals surface area contributed by atoms with Crippen molar-refractivity contribution in [3.05, 3.63) is 83.9 Å². The normalized spacial score (nSPS) is 14.0. The molecule has 36 heavy (non-hydrogen) atoms. The highest BCUT2D eigenvalue weighted by Crippen LogP contribution is 2.28. The first-order chi connectivity index (χ1) is 17.5. The maximum absolute atomic E-state index is 13.0. The summed E-state index contributed by atoms with van der Waals surface area (Å²) in [5.41, 5.74) is 8.51. The number of nitrogens with one attached hydrogen (secondary N) is 2. The summed E-state index contributed by atoms with van der Waals surface area (Å²) in [5.74, 6) is 0.367. The van der Waals surface area contributed by atoms with Gasteiger partial charge in [0.05, 0.1) is 16.8 Å². The van der Waals surface area contributed by atoms with E-state index in [4.69, 9.17) is 5.73 Å². The molecule has 0 bridgehead atoms. The van der Waals surface area contributed by atoms with Crippen LogP contribution in [0.5, 0.6) is 0 Å². The number of benzene rings is 3. The van der Waals surface area contributed by atoms with Gasteiger partial charge in [-0.3, -0.25) is 9.59 Å². The van der Waals surface area contributed by atoms with Gasteiger partial charge in [-0.05, 0) is 49.5 Å². The van der Waals surface area contributed by atoms with Crippen molar-refractivity contribution >= 4 is 45.9 Å². The van der Waals surface area contributed by atoms with Gasteiger partial charge in [0.15, 0.2) is 0 Å². The van der Waals surface area contributed by atoms with Crippen LogP contribution in [0.15, 0.2) is 72.8 Å². The van der Waals surface area contributed by atoms with Gasteiger partial charge in [0.1, 0.15) is 5.82 Å². The van der Waals surface area contributed by atoms with Crippen LogP contribution in [-0.4, -0.2) is 64.8 Å². The number of piperazine rings is 1. The SMILES string of the molecule is CN1CCN(C(=O)c2cccc(Nc3nc(Nc4ccccc4C(N)=O)c4ccccc4n3)c2)CC1. The standard InChI is InChI=1S/C27H27N7O2/c1-33-13-15-34(16-14-33)26(36)18-7-6-8-19(17-18)29-27-31-23-12-5-3-10-21(23)25(32-27)30-22-11-4-2-9-20(22)24(28)35/h2-12,17H,13-16H2,1H3,(H2,28,35)(H2,29,30,31,32). The molecule has 2 amide bonds. The van der Waals surface area contributed by atoms with E-state index in [9.17, 15) is 9.59 Å². The van der Waals surface area contributed by atoms with E-state index in [0.717, 1.165) is 24.0 Å². The second kappa shape index (κ2) is 10.0. The number of amides is 2. The van der Waals surface area contributed by atoms with Crippen LogP contribution < -0.4 is 16.4 Å². The molecule has 182 valence electrons. The van der Waals surface area contributed by atoms with Crippen LogP contribution in [0.2, 0.25) is 0 Å². The molecule has 9 heteroatoms. The fourth-order valence-corrected chi connectivity index (χ4v) is 4.21. The fourth-order valence-electron chi connectivity index (χ4n) is 4.21. The Balaban J connectivity index is 1.44. The third-order valence-electron chi connectivity index (χ3n) is 6.20. The lowest BCUT2D eigenvalue weighted by atomic mass is 10.1. The molecule has 0 aliphatic carbocycles. The van der Waals surface area contributed by atoms with E-state index < -0.39 is 5.91 Å². The Labute approximate surface area is 208 Å². The molecule has 0 radical (unpaired) electrons. The highest BCUT2D eigenvalue weighted by Gasteiger charge is 2.20. The lowest BCUT2D eigenvalue weighted by molar-refractivity contribution is 0.0664. The van der Waals surface area contributed by atoms with Crippen molar-refractivity contribution in [1.29, 1.82) is 0 Å². The Hall–Kier alpha value is -4.50. The molecule has 0 saturated carbocycles. The minimum atomic E-state index is -0.531. The van der Waals surface area contributed by atoms with E-state index >= 15 is 0 Å². The van der Waals surface area contributed by atoms with E-state index in [-0.39, 0.29) is 5.91 Å². The highest BCUT2D eigenvalue weighted by atomic mass is 16.2. The van der Waals surface area contributed by atoms with Crippen LogP contribution in [0.25, 0.3) is 10.9 Å². The van der Waals surface area contributed by atoms with Crippen molar-refractivity contribution in [3.8, 4) is 0 Å². The van der Waals surface area contributed by atoms with Crippen molar-refractivity contribution in [2.45, 2.75) is 0 Å². The summed E-state index contributed by atoms with van der Waals surface area (Å²) in [5, 5.41) is 7.27. The number of anilines is 4. The van der Waals surface area contributed by atoms with Gasteiger partial charge in [-0.15, -0.1) is 0 Å². The van der Waals surface area contributed by atoms with Crippen LogP contribution in [0, 0.1) is 0 Å². The van der Waals surface area contributed by atoms with Crippen LogP contribution in [-0.2, 0) is 0 Å². The number of carbonyl (C=O) groups is 2. The maximum Gasteiger partial charge on any atom is 0.254 e. The molecular weight excluding hydrogens is 454 g/mol. The molecule has 0 spiro atoms. The maximum atomic E-state index is 13.0. The number of nitrogens with zero attached hydrogens (tertiary/aromatic N) is 4. The monoisotopic (exact) mass is 481 g/mol. The largest absolute Gasteiger partial charge is 0.366 e. The number of fused-ring (bicyclic) bond motifs is 1. The van der Waals surface area contributed by atoms with Gasteiger partial charge in [0.25, 0.3) is 11.8 Å². The second-order valence-electron chi connectivity index (χ2n) is 8.75. The minimum Gasteiger partial charge on any atom is -0.366 e. The quantitative estimate of drug-likeness (QED) is 0.385. The van der Waals surface area contributed by atoms with Gasteiger partial charge >= 0.3 is 0 Å². The lowest BCUT2D eigenvalue weighted by Gasteiger charge is -2.32. The number of carbonyl (C=O) groups excluding carboxylic acids is 2. The Morgan fingerprint density at radius 3 is 2.42 bits per heavy atom. The first-order valence-electron chi connectivity index (χ1n) is 11.8. The third kappa shape index (κ3) is 4.96. The topological polar surface area (TPSA) is 116 Å². The van der Waals surface area contributed by atoms with Gasteiger partial charge in [0, 0.05) is 42.8 Å². The zero-order chi connectivity index (χ0) is 25.1. The molecule has 2 heterocycles. The van der Waals surface area contributed by atoms with E-state index in [1.54, 1.807) is 18.2 Å². The van der Waals surface area contributed by atoms with Crippen LogP contribution in [0.4, 0.5) is 23.1 Å². The number of hydrogen-bond donors (Lipinski definition) is 3. The molecule has 5 rings (SSSR count). The molecule has 0 unspecified atom stereocenters. The zero-order valence-electron chi connectivity index (χ0n) is 19.9. The summed E-state index contributed by atoms with van der Waals surface area (Å²) < 4.78 is 0. The van der Waals surface area contributed by atoms with E-state index in [0.29, 0.717) is 47.4 Å². The number of likely N-dealkylation sites (N-methyl/N-ethyl adjacent to an activating group) is 1. The Morgan fingerprint density at radius 2 is 1.61 bits per heavy atom. The smallest absolute Gasteiger partial charge is 0.254 e. The fraction of sp³-hybridized carbons (Fsp3) is 0.185. The van der Waals surface area contributed by atoms with E-state index in [1.165, 1.54) is 0 Å². The molecule has 4 aromatic rings. The number of aromatic nitrogens is 2. The summed E-state index contributed by atoms with van der Waals surface area (Å²) in [6.45, 7) is 3.15. The molecule has 1 aromatic heterocycles. The molecule has 1 aliphatic rings. The first kappa shape index (κ1) is 23.3. The highest BCUT2D eigenvalue weighted by molar-refractivity contribution is 6.01. The number of primary amides is 1. The average Bonchev–Trinajstić information content (AvgIpc) is 2.89. The van der Waals surface area contributed by atoms with Crippen molar-refractivity contribution in [2.24, 2.45) is 5.73 Å². The Bertz CT molecular complexity index is 1430. The van der Waals surface area contributed by atoms with Crippen LogP contribution in [0.3, 0.4) is 0 Å². The molecule has 3 aromatic carbocycles. The average molecular weight is 482 g/mol. The summed E-state index contributed by atoms with van der Waals surface area (Å²) >= 11 is 0. The predicted octanol–water partition coefficient (Wildman–Crippen LogP) is 3.60. The number of rotatable bonds is 6. The second-order valence-corrected chi connectivity index (χ2v) is 8.75. The molecule has 1 fully saturated rings. The third-order valence-corrected chi connectivity index (χ3v) is 6.20. The van der Waals surface area contributed by atoms with Crippen molar-refractivity contribution < 1.29 is 9.59 Å². The predicted molar refractivity (Wildman–Crippen MR) is 141 cm³/mol. The summed E-state index contributed by atoms with van der Waals surface area (Å²) in [6, 6.07) is 22.0. The number of hydrogen-bond acceptors (Lipinski definition) is 7. The van der Waals surface area contributed by atoms with Crippen molar-refractivity contribution in [3.63, 3.8) is 0 Å². The number of nitrogens with two attached hydrogens (primary N) is 1. The van der Waals surface area contributed by atoms with Crippen LogP contribution >= 0.6 is 0 Å². The molecule has 1 saturated heterocycles. The van der Waals surface area contributed by atoms with Gasteiger partial charge in [0.2, 0.25) is 5.95 Å². The number of para-hydroxylation sites is 2. The summed E-state index contributed by atoms with van der Waals surface area (Å²) in [7, 11) is 2.06. The molecule has 1 aliphatic heterocycles.